The van der Waals surface area contributed by atoms with Crippen LogP contribution in [0.2, 0.25) is 0 Å². The van der Waals surface area contributed by atoms with Crippen molar-refractivity contribution < 1.29 is 4.74 Å². The van der Waals surface area contributed by atoms with Gasteiger partial charge in [-0.25, -0.2) is 0 Å². The van der Waals surface area contributed by atoms with E-state index in [1.807, 2.05) is 12.4 Å². The molecule has 4 heteroatoms. The normalized spacial score (nSPS) is 24.6. The van der Waals surface area contributed by atoms with Gasteiger partial charge in [-0.1, -0.05) is 6.07 Å². The fourth-order valence-electron chi connectivity index (χ4n) is 2.61. The van der Waals surface area contributed by atoms with E-state index in [1.54, 1.807) is 0 Å². The van der Waals surface area contributed by atoms with Gasteiger partial charge in [0.2, 0.25) is 0 Å². The average Bonchev–Trinajstić information content (AvgIpc) is 3.22. The Labute approximate surface area is 115 Å². The van der Waals surface area contributed by atoms with Crippen LogP contribution in [0, 0.1) is 6.92 Å². The zero-order valence-corrected chi connectivity index (χ0v) is 11.6. The quantitative estimate of drug-likeness (QED) is 0.868. The molecule has 104 valence electrons. The van der Waals surface area contributed by atoms with Crippen LogP contribution in [0.1, 0.15) is 24.0 Å². The van der Waals surface area contributed by atoms with Gasteiger partial charge in [0.05, 0.1) is 13.2 Å². The van der Waals surface area contributed by atoms with E-state index in [1.165, 1.54) is 24.0 Å². The van der Waals surface area contributed by atoms with E-state index in [4.69, 9.17) is 4.74 Å². The van der Waals surface area contributed by atoms with Crippen LogP contribution < -0.4 is 5.32 Å². The summed E-state index contributed by atoms with van der Waals surface area (Å²) in [4.78, 5) is 6.81. The number of nitrogens with zero attached hydrogens (tertiary/aromatic N) is 2. The van der Waals surface area contributed by atoms with Gasteiger partial charge < -0.3 is 10.1 Å². The van der Waals surface area contributed by atoms with Crippen molar-refractivity contribution in [2.45, 2.75) is 38.4 Å². The Balaban J connectivity index is 1.59. The predicted octanol–water partition coefficient (Wildman–Crippen LogP) is 1.34. The van der Waals surface area contributed by atoms with Crippen molar-refractivity contribution in [3.05, 3.63) is 29.6 Å². The maximum absolute atomic E-state index is 5.63. The maximum atomic E-state index is 5.63. The fourth-order valence-corrected chi connectivity index (χ4v) is 2.61. The number of rotatable bonds is 5. The molecule has 4 nitrogen and oxygen atoms in total. The van der Waals surface area contributed by atoms with E-state index in [0.29, 0.717) is 6.04 Å². The zero-order valence-electron chi connectivity index (χ0n) is 11.6. The summed E-state index contributed by atoms with van der Waals surface area (Å²) < 4.78 is 5.63. The lowest BCUT2D eigenvalue weighted by Gasteiger charge is -2.35. The standard InChI is InChI=1S/C15H23N3O/c1-12-6-13(8-16-7-12)10-18-4-5-19-11-15(18)9-17-14-2-3-14/h6-8,14-15,17H,2-5,9-11H2,1H3. The fraction of sp³-hybridized carbons (Fsp3) is 0.667. The highest BCUT2D eigenvalue weighted by molar-refractivity contribution is 5.16. The smallest absolute Gasteiger partial charge is 0.0635 e. The molecular weight excluding hydrogens is 238 g/mol. The first kappa shape index (κ1) is 13.0. The topological polar surface area (TPSA) is 37.4 Å². The van der Waals surface area contributed by atoms with Crippen molar-refractivity contribution in [1.29, 1.82) is 0 Å². The number of nitrogens with one attached hydrogen (secondary N) is 1. The summed E-state index contributed by atoms with van der Waals surface area (Å²) in [5, 5.41) is 3.62. The second kappa shape index (κ2) is 5.99. The van der Waals surface area contributed by atoms with Crippen LogP contribution in [-0.2, 0) is 11.3 Å². The van der Waals surface area contributed by atoms with Crippen molar-refractivity contribution in [2.75, 3.05) is 26.3 Å². The number of hydrogen-bond acceptors (Lipinski definition) is 4. The number of aromatic nitrogens is 1. The second-order valence-electron chi connectivity index (χ2n) is 5.75. The highest BCUT2D eigenvalue weighted by Gasteiger charge is 2.26. The molecular formula is C15H23N3O. The third-order valence-electron chi connectivity index (χ3n) is 3.89. The van der Waals surface area contributed by atoms with Crippen molar-refractivity contribution in [3.63, 3.8) is 0 Å². The summed E-state index contributed by atoms with van der Waals surface area (Å²) in [5.74, 6) is 0. The number of aryl methyl sites for hydroxylation is 1. The lowest BCUT2D eigenvalue weighted by atomic mass is 10.1. The SMILES string of the molecule is Cc1cncc(CN2CCOCC2CNC2CC2)c1. The predicted molar refractivity (Wildman–Crippen MR) is 75.0 cm³/mol. The highest BCUT2D eigenvalue weighted by atomic mass is 16.5. The van der Waals surface area contributed by atoms with E-state index in [9.17, 15) is 0 Å². The molecule has 0 spiro atoms. The Kier molecular flexibility index (Phi) is 4.11. The van der Waals surface area contributed by atoms with Gasteiger partial charge in [-0.3, -0.25) is 9.88 Å². The lowest BCUT2D eigenvalue weighted by Crippen LogP contribution is -2.50. The van der Waals surface area contributed by atoms with Gasteiger partial charge in [0.25, 0.3) is 0 Å². The first-order valence-electron chi connectivity index (χ1n) is 7.27. The van der Waals surface area contributed by atoms with Gasteiger partial charge in [-0.15, -0.1) is 0 Å². The molecule has 1 aliphatic carbocycles. The minimum Gasteiger partial charge on any atom is -0.378 e. The average molecular weight is 261 g/mol. The summed E-state index contributed by atoms with van der Waals surface area (Å²) in [5.41, 5.74) is 2.54. The number of ether oxygens (including phenoxy) is 1. The Morgan fingerprint density at radius 3 is 3.11 bits per heavy atom. The summed E-state index contributed by atoms with van der Waals surface area (Å²) in [6.07, 6.45) is 6.58. The van der Waals surface area contributed by atoms with E-state index in [0.717, 1.165) is 38.9 Å². The zero-order chi connectivity index (χ0) is 13.1. The molecule has 19 heavy (non-hydrogen) atoms. The van der Waals surface area contributed by atoms with Crippen LogP contribution in [-0.4, -0.2) is 48.3 Å². The Hall–Kier alpha value is -0.970. The van der Waals surface area contributed by atoms with Crippen LogP contribution in [0.25, 0.3) is 0 Å². The Bertz CT molecular complexity index is 420. The third kappa shape index (κ3) is 3.75. The summed E-state index contributed by atoms with van der Waals surface area (Å²) in [6.45, 7) is 6.84. The number of morpholine rings is 1. The van der Waals surface area contributed by atoms with Crippen LogP contribution in [0.5, 0.6) is 0 Å². The molecule has 0 amide bonds. The van der Waals surface area contributed by atoms with Gasteiger partial charge in [0.1, 0.15) is 0 Å². The molecule has 2 aliphatic rings. The Morgan fingerprint density at radius 2 is 2.32 bits per heavy atom. The van der Waals surface area contributed by atoms with E-state index in [-0.39, 0.29) is 0 Å². The van der Waals surface area contributed by atoms with Gasteiger partial charge in [0.15, 0.2) is 0 Å². The van der Waals surface area contributed by atoms with Crippen molar-refractivity contribution in [2.24, 2.45) is 0 Å². The van der Waals surface area contributed by atoms with Crippen LogP contribution in [0.3, 0.4) is 0 Å². The molecule has 2 heterocycles. The van der Waals surface area contributed by atoms with Crippen LogP contribution in [0.15, 0.2) is 18.5 Å². The van der Waals surface area contributed by atoms with E-state index < -0.39 is 0 Å². The molecule has 2 fully saturated rings. The van der Waals surface area contributed by atoms with Gasteiger partial charge in [-0.2, -0.15) is 0 Å². The third-order valence-corrected chi connectivity index (χ3v) is 3.89. The van der Waals surface area contributed by atoms with Crippen molar-refractivity contribution in [3.8, 4) is 0 Å². The molecule has 1 aromatic rings. The minimum absolute atomic E-state index is 0.495. The summed E-state index contributed by atoms with van der Waals surface area (Å²) >= 11 is 0. The van der Waals surface area contributed by atoms with Crippen LogP contribution >= 0.6 is 0 Å². The molecule has 1 unspecified atom stereocenters. The molecule has 1 aromatic heterocycles. The number of hydrogen-bond donors (Lipinski definition) is 1. The molecule has 0 bridgehead atoms. The molecule has 1 saturated heterocycles. The second-order valence-corrected chi connectivity index (χ2v) is 5.75. The monoisotopic (exact) mass is 261 g/mol. The van der Waals surface area contributed by atoms with Crippen LogP contribution in [0.4, 0.5) is 0 Å². The van der Waals surface area contributed by atoms with Crippen molar-refractivity contribution >= 4 is 0 Å². The number of pyridine rings is 1. The summed E-state index contributed by atoms with van der Waals surface area (Å²) in [7, 11) is 0. The maximum Gasteiger partial charge on any atom is 0.0635 e. The minimum atomic E-state index is 0.495. The van der Waals surface area contributed by atoms with Gasteiger partial charge in [0, 0.05) is 44.1 Å². The molecule has 0 aromatic carbocycles. The Morgan fingerprint density at radius 1 is 1.42 bits per heavy atom. The molecule has 1 aliphatic heterocycles. The molecule has 1 atom stereocenters. The first-order valence-corrected chi connectivity index (χ1v) is 7.27. The summed E-state index contributed by atoms with van der Waals surface area (Å²) in [6, 6.07) is 3.49. The molecule has 1 N–H and O–H groups in total. The highest BCUT2D eigenvalue weighted by Crippen LogP contribution is 2.19. The van der Waals surface area contributed by atoms with E-state index in [2.05, 4.69) is 28.2 Å². The molecule has 1 saturated carbocycles. The van der Waals surface area contributed by atoms with Gasteiger partial charge in [-0.05, 0) is 30.9 Å². The van der Waals surface area contributed by atoms with Gasteiger partial charge >= 0.3 is 0 Å². The van der Waals surface area contributed by atoms with Crippen molar-refractivity contribution in [1.82, 2.24) is 15.2 Å². The largest absolute Gasteiger partial charge is 0.378 e. The lowest BCUT2D eigenvalue weighted by molar-refractivity contribution is -0.0110. The van der Waals surface area contributed by atoms with E-state index >= 15 is 0 Å². The molecule has 3 rings (SSSR count). The molecule has 0 radical (unpaired) electrons. The first-order chi connectivity index (χ1) is 9.31.